The molecule has 0 aliphatic rings. The quantitative estimate of drug-likeness (QED) is 0.593. The van der Waals surface area contributed by atoms with Crippen LogP contribution in [0.2, 0.25) is 0 Å². The molecule has 0 aliphatic heterocycles. The molecule has 0 saturated heterocycles. The number of carbonyl (C=O) groups is 1. The Kier molecular flexibility index (Phi) is 4.45. The van der Waals surface area contributed by atoms with Crippen molar-refractivity contribution in [3.8, 4) is 0 Å². The Morgan fingerprint density at radius 2 is 1.33 bits per heavy atom. The molecule has 0 bridgehead atoms. The molecule has 0 heterocycles. The van der Waals surface area contributed by atoms with E-state index in [1.165, 1.54) is 0 Å². The van der Waals surface area contributed by atoms with Crippen LogP contribution in [-0.4, -0.2) is 17.9 Å². The predicted molar refractivity (Wildman–Crippen MR) is 56.5 cm³/mol. The lowest BCUT2D eigenvalue weighted by Crippen LogP contribution is -2.43. The van der Waals surface area contributed by atoms with Crippen molar-refractivity contribution >= 4 is 11.9 Å². The lowest BCUT2D eigenvalue weighted by atomic mass is 10.1. The van der Waals surface area contributed by atoms with Crippen LogP contribution in [0.1, 0.15) is 11.1 Å². The highest BCUT2D eigenvalue weighted by atomic mass is 19.4. The summed E-state index contributed by atoms with van der Waals surface area (Å²) in [5, 5.41) is 0. The summed E-state index contributed by atoms with van der Waals surface area (Å²) in [5.74, 6) is -8.05. The lowest BCUT2D eigenvalue weighted by molar-refractivity contribution is -0.266. The van der Waals surface area contributed by atoms with E-state index in [1.807, 2.05) is 0 Å². The normalized spacial score (nSPS) is 13.7. The summed E-state index contributed by atoms with van der Waals surface area (Å²) >= 11 is 0. The Bertz CT molecular complexity index is 536. The number of carbonyl (C=O) groups excluding carboxylic acids is 1. The monoisotopic (exact) mass is 318 g/mol. The summed E-state index contributed by atoms with van der Waals surface area (Å²) in [6.07, 6.45) is -10.1. The standard InChI is InChI=1S/C12H6F8O/c13-10(14,12(18,19)20)9(21)6-3-7-1-4-8(5-2-7)11(15,16)17/h1-6H/b6-3+. The molecule has 0 spiro atoms. The molecule has 9 heteroatoms. The SMILES string of the molecule is O=C(/C=C/c1ccc(C(F)(F)F)cc1)C(F)(F)C(F)(F)F. The van der Waals surface area contributed by atoms with E-state index in [0.29, 0.717) is 18.2 Å². The van der Waals surface area contributed by atoms with Crippen LogP contribution in [-0.2, 0) is 11.0 Å². The second kappa shape index (κ2) is 5.45. The lowest BCUT2D eigenvalue weighted by Gasteiger charge is -2.16. The minimum atomic E-state index is -6.03. The van der Waals surface area contributed by atoms with Gasteiger partial charge in [0.1, 0.15) is 0 Å². The van der Waals surface area contributed by atoms with Crippen molar-refractivity contribution in [3.05, 3.63) is 41.5 Å². The van der Waals surface area contributed by atoms with Gasteiger partial charge >= 0.3 is 18.3 Å². The topological polar surface area (TPSA) is 17.1 Å². The van der Waals surface area contributed by atoms with Gasteiger partial charge in [0.05, 0.1) is 5.56 Å². The van der Waals surface area contributed by atoms with Crippen LogP contribution in [0, 0.1) is 0 Å². The number of allylic oxidation sites excluding steroid dienone is 1. The van der Waals surface area contributed by atoms with E-state index in [-0.39, 0.29) is 11.6 Å². The maximum Gasteiger partial charge on any atom is 0.461 e. The first-order valence-corrected chi connectivity index (χ1v) is 5.20. The van der Waals surface area contributed by atoms with Gasteiger partial charge in [-0.15, -0.1) is 0 Å². The minimum absolute atomic E-state index is 0.0317. The smallest absolute Gasteiger partial charge is 0.288 e. The zero-order valence-corrected chi connectivity index (χ0v) is 9.90. The first-order valence-electron chi connectivity index (χ1n) is 5.20. The molecule has 116 valence electrons. The molecule has 0 aliphatic carbocycles. The van der Waals surface area contributed by atoms with Crippen LogP contribution in [0.3, 0.4) is 0 Å². The van der Waals surface area contributed by atoms with Crippen molar-refractivity contribution in [2.45, 2.75) is 18.3 Å². The van der Waals surface area contributed by atoms with Gasteiger partial charge in [-0.25, -0.2) is 0 Å². The van der Waals surface area contributed by atoms with Gasteiger partial charge in [-0.1, -0.05) is 18.2 Å². The van der Waals surface area contributed by atoms with E-state index in [9.17, 15) is 39.9 Å². The molecule has 0 amide bonds. The Morgan fingerprint density at radius 1 is 0.857 bits per heavy atom. The van der Waals surface area contributed by atoms with E-state index < -0.39 is 29.6 Å². The molecular formula is C12H6F8O. The van der Waals surface area contributed by atoms with Crippen LogP contribution >= 0.6 is 0 Å². The summed E-state index contributed by atoms with van der Waals surface area (Å²) in [5.41, 5.74) is -1.15. The summed E-state index contributed by atoms with van der Waals surface area (Å²) in [4.78, 5) is 10.8. The number of alkyl halides is 8. The summed E-state index contributed by atoms with van der Waals surface area (Å²) in [6, 6.07) is 2.87. The highest BCUT2D eigenvalue weighted by molar-refractivity contribution is 5.99. The first-order chi connectivity index (χ1) is 9.35. The molecule has 1 aromatic rings. The number of benzene rings is 1. The van der Waals surface area contributed by atoms with Gasteiger partial charge in [0, 0.05) is 0 Å². The van der Waals surface area contributed by atoms with Crippen LogP contribution in [0.5, 0.6) is 0 Å². The summed E-state index contributed by atoms with van der Waals surface area (Å²) < 4.78 is 97.4. The third-order valence-electron chi connectivity index (χ3n) is 2.33. The van der Waals surface area contributed by atoms with Crippen molar-refractivity contribution < 1.29 is 39.9 Å². The van der Waals surface area contributed by atoms with Crippen LogP contribution < -0.4 is 0 Å². The Balaban J connectivity index is 2.89. The second-order valence-corrected chi connectivity index (χ2v) is 3.89. The van der Waals surface area contributed by atoms with Gasteiger partial charge < -0.3 is 0 Å². The minimum Gasteiger partial charge on any atom is -0.288 e. The molecule has 1 nitrogen and oxygen atoms in total. The molecular weight excluding hydrogens is 312 g/mol. The second-order valence-electron chi connectivity index (χ2n) is 3.89. The highest BCUT2D eigenvalue weighted by Gasteiger charge is 2.62. The average molecular weight is 318 g/mol. The molecule has 0 N–H and O–H groups in total. The van der Waals surface area contributed by atoms with E-state index in [2.05, 4.69) is 0 Å². The van der Waals surface area contributed by atoms with Gasteiger partial charge in [-0.2, -0.15) is 35.1 Å². The Labute approximate surface area is 112 Å². The molecule has 1 aromatic carbocycles. The van der Waals surface area contributed by atoms with Gasteiger partial charge in [-0.05, 0) is 23.8 Å². The molecule has 21 heavy (non-hydrogen) atoms. The van der Waals surface area contributed by atoms with Gasteiger partial charge in [0.2, 0.25) is 5.78 Å². The number of ketones is 1. The maximum atomic E-state index is 12.6. The fraction of sp³-hybridized carbons (Fsp3) is 0.250. The molecule has 0 fully saturated rings. The van der Waals surface area contributed by atoms with Crippen molar-refractivity contribution in [3.63, 3.8) is 0 Å². The molecule has 0 unspecified atom stereocenters. The highest BCUT2D eigenvalue weighted by Crippen LogP contribution is 2.36. The fourth-order valence-electron chi connectivity index (χ4n) is 1.20. The van der Waals surface area contributed by atoms with Crippen molar-refractivity contribution in [1.29, 1.82) is 0 Å². The van der Waals surface area contributed by atoms with E-state index in [4.69, 9.17) is 0 Å². The van der Waals surface area contributed by atoms with Crippen LogP contribution in [0.15, 0.2) is 30.3 Å². The molecule has 0 saturated carbocycles. The first kappa shape index (κ1) is 17.1. The van der Waals surface area contributed by atoms with Gasteiger partial charge in [0.15, 0.2) is 0 Å². The number of hydrogen-bond acceptors (Lipinski definition) is 1. The number of halogens is 8. The fourth-order valence-corrected chi connectivity index (χ4v) is 1.20. The maximum absolute atomic E-state index is 12.6. The zero-order chi connectivity index (χ0) is 16.5. The number of hydrogen-bond donors (Lipinski definition) is 0. The van der Waals surface area contributed by atoms with E-state index in [1.54, 1.807) is 0 Å². The third-order valence-corrected chi connectivity index (χ3v) is 2.33. The molecule has 0 atom stereocenters. The molecule has 0 radical (unpaired) electrons. The Morgan fingerprint density at radius 3 is 1.71 bits per heavy atom. The van der Waals surface area contributed by atoms with Gasteiger partial charge in [-0.3, -0.25) is 4.79 Å². The largest absolute Gasteiger partial charge is 0.461 e. The average Bonchev–Trinajstić information content (AvgIpc) is 2.33. The summed E-state index contributed by atoms with van der Waals surface area (Å²) in [6.45, 7) is 0. The van der Waals surface area contributed by atoms with Gasteiger partial charge in [0.25, 0.3) is 0 Å². The third kappa shape index (κ3) is 4.02. The van der Waals surface area contributed by atoms with Crippen LogP contribution in [0.4, 0.5) is 35.1 Å². The number of rotatable bonds is 3. The summed E-state index contributed by atoms with van der Waals surface area (Å²) in [7, 11) is 0. The molecule has 1 rings (SSSR count). The van der Waals surface area contributed by atoms with Crippen molar-refractivity contribution in [2.24, 2.45) is 0 Å². The Hall–Kier alpha value is -1.93. The van der Waals surface area contributed by atoms with Crippen molar-refractivity contribution in [2.75, 3.05) is 0 Å². The van der Waals surface area contributed by atoms with Crippen molar-refractivity contribution in [1.82, 2.24) is 0 Å². The van der Waals surface area contributed by atoms with E-state index >= 15 is 0 Å². The van der Waals surface area contributed by atoms with Crippen LogP contribution in [0.25, 0.3) is 6.08 Å². The molecule has 0 aromatic heterocycles. The predicted octanol–water partition coefficient (Wildman–Crippen LogP) is 4.49. The van der Waals surface area contributed by atoms with E-state index in [0.717, 1.165) is 12.1 Å². The zero-order valence-electron chi connectivity index (χ0n) is 9.90.